The van der Waals surface area contributed by atoms with Crippen LogP contribution in [0, 0.1) is 12.3 Å². The van der Waals surface area contributed by atoms with E-state index in [-0.39, 0.29) is 12.0 Å². The Hall–Kier alpha value is -0.910. The summed E-state index contributed by atoms with van der Waals surface area (Å²) in [6.45, 7) is 5.08. The van der Waals surface area contributed by atoms with Gasteiger partial charge in [-0.05, 0) is 19.8 Å². The minimum absolute atomic E-state index is 0.0202. The molecule has 1 aliphatic heterocycles. The van der Waals surface area contributed by atoms with Crippen LogP contribution in [-0.4, -0.2) is 46.0 Å². The van der Waals surface area contributed by atoms with Gasteiger partial charge >= 0.3 is 0 Å². The molecule has 2 N–H and O–H groups in total. The standard InChI is InChI=1S/C14H22ClN3O2/c1-3-4-14(9-19)5-6-18(8-12(14)20)13-11(15)7-16-10(2)17-13/h7,12,19-20H,3-6,8-9H2,1-2H3/t12-,14+/m0/s1. The quantitative estimate of drug-likeness (QED) is 0.887. The first-order valence-electron chi connectivity index (χ1n) is 7.05. The highest BCUT2D eigenvalue weighted by Crippen LogP contribution is 2.38. The first-order chi connectivity index (χ1) is 9.52. The average molecular weight is 300 g/mol. The second kappa shape index (κ2) is 6.24. The van der Waals surface area contributed by atoms with Crippen LogP contribution < -0.4 is 4.90 Å². The van der Waals surface area contributed by atoms with Crippen molar-refractivity contribution >= 4 is 17.4 Å². The number of hydrogen-bond donors (Lipinski definition) is 2. The lowest BCUT2D eigenvalue weighted by atomic mass is 9.73. The third kappa shape index (κ3) is 2.90. The fraction of sp³-hybridized carbons (Fsp3) is 0.714. The summed E-state index contributed by atoms with van der Waals surface area (Å²) in [5.74, 6) is 1.33. The van der Waals surface area contributed by atoms with Crippen molar-refractivity contribution in [3.8, 4) is 0 Å². The Morgan fingerprint density at radius 3 is 2.90 bits per heavy atom. The van der Waals surface area contributed by atoms with Crippen molar-refractivity contribution in [1.29, 1.82) is 0 Å². The number of piperidine rings is 1. The molecular formula is C14H22ClN3O2. The van der Waals surface area contributed by atoms with E-state index in [1.807, 2.05) is 11.8 Å². The zero-order valence-electron chi connectivity index (χ0n) is 12.0. The molecule has 0 radical (unpaired) electrons. The van der Waals surface area contributed by atoms with E-state index in [4.69, 9.17) is 11.6 Å². The summed E-state index contributed by atoms with van der Waals surface area (Å²) in [6, 6.07) is 0. The first-order valence-corrected chi connectivity index (χ1v) is 7.43. The smallest absolute Gasteiger partial charge is 0.151 e. The van der Waals surface area contributed by atoms with Crippen LogP contribution in [0.4, 0.5) is 5.82 Å². The Morgan fingerprint density at radius 1 is 1.55 bits per heavy atom. The van der Waals surface area contributed by atoms with Gasteiger partial charge in [0, 0.05) is 18.5 Å². The summed E-state index contributed by atoms with van der Waals surface area (Å²) < 4.78 is 0. The third-order valence-corrected chi connectivity index (χ3v) is 4.45. The molecule has 6 heteroatoms. The molecule has 0 unspecified atom stereocenters. The number of aryl methyl sites for hydroxylation is 1. The minimum Gasteiger partial charge on any atom is -0.396 e. The summed E-state index contributed by atoms with van der Waals surface area (Å²) in [6.07, 6.45) is 3.52. The zero-order chi connectivity index (χ0) is 14.8. The van der Waals surface area contributed by atoms with Gasteiger partial charge in [-0.1, -0.05) is 24.9 Å². The molecule has 2 heterocycles. The highest BCUT2D eigenvalue weighted by molar-refractivity contribution is 6.32. The second-order valence-corrected chi connectivity index (χ2v) is 5.98. The Morgan fingerprint density at radius 2 is 2.30 bits per heavy atom. The van der Waals surface area contributed by atoms with Crippen LogP contribution >= 0.6 is 11.6 Å². The van der Waals surface area contributed by atoms with E-state index in [1.54, 1.807) is 6.20 Å². The minimum atomic E-state index is -0.576. The van der Waals surface area contributed by atoms with Crippen LogP contribution in [-0.2, 0) is 0 Å². The fourth-order valence-corrected chi connectivity index (χ4v) is 3.14. The van der Waals surface area contributed by atoms with E-state index >= 15 is 0 Å². The van der Waals surface area contributed by atoms with Crippen molar-refractivity contribution in [2.24, 2.45) is 5.41 Å². The van der Waals surface area contributed by atoms with Crippen LogP contribution in [0.1, 0.15) is 32.0 Å². The molecule has 1 aromatic heterocycles. The van der Waals surface area contributed by atoms with Crippen LogP contribution in [0.15, 0.2) is 6.20 Å². The molecule has 1 fully saturated rings. The van der Waals surface area contributed by atoms with E-state index in [9.17, 15) is 10.2 Å². The van der Waals surface area contributed by atoms with Crippen LogP contribution in [0.25, 0.3) is 0 Å². The number of aliphatic hydroxyl groups excluding tert-OH is 2. The van der Waals surface area contributed by atoms with Crippen molar-refractivity contribution < 1.29 is 10.2 Å². The number of aliphatic hydroxyl groups is 2. The van der Waals surface area contributed by atoms with E-state index in [0.29, 0.717) is 23.2 Å². The lowest BCUT2D eigenvalue weighted by molar-refractivity contribution is -0.0372. The van der Waals surface area contributed by atoms with Crippen LogP contribution in [0.5, 0.6) is 0 Å². The number of anilines is 1. The second-order valence-electron chi connectivity index (χ2n) is 5.57. The summed E-state index contributed by atoms with van der Waals surface area (Å²) in [4.78, 5) is 10.4. The molecule has 0 aliphatic carbocycles. The maximum absolute atomic E-state index is 10.5. The Balaban J connectivity index is 2.18. The van der Waals surface area contributed by atoms with E-state index < -0.39 is 6.10 Å². The SMILES string of the molecule is CCC[C@]1(CO)CCN(c2nc(C)ncc2Cl)C[C@@H]1O. The average Bonchev–Trinajstić information content (AvgIpc) is 2.44. The normalized spacial score (nSPS) is 26.9. The molecular weight excluding hydrogens is 278 g/mol. The number of rotatable bonds is 4. The van der Waals surface area contributed by atoms with E-state index in [1.165, 1.54) is 0 Å². The Labute approximate surface area is 124 Å². The summed E-state index contributed by atoms with van der Waals surface area (Å²) in [5, 5.41) is 20.6. The first kappa shape index (κ1) is 15.5. The maximum Gasteiger partial charge on any atom is 0.151 e. The van der Waals surface area contributed by atoms with Gasteiger partial charge in [0.15, 0.2) is 5.82 Å². The van der Waals surface area contributed by atoms with Crippen molar-refractivity contribution in [3.05, 3.63) is 17.0 Å². The van der Waals surface area contributed by atoms with Gasteiger partial charge in [-0.25, -0.2) is 9.97 Å². The van der Waals surface area contributed by atoms with Gasteiger partial charge in [-0.3, -0.25) is 0 Å². The van der Waals surface area contributed by atoms with Crippen molar-refractivity contribution in [2.75, 3.05) is 24.6 Å². The largest absolute Gasteiger partial charge is 0.396 e. The van der Waals surface area contributed by atoms with Gasteiger partial charge < -0.3 is 15.1 Å². The number of halogens is 1. The molecule has 20 heavy (non-hydrogen) atoms. The number of β-amino-alcohol motifs (C(OH)–C–C–N with tert-alkyl or cyclic N) is 1. The summed E-state index contributed by atoms with van der Waals surface area (Å²) in [7, 11) is 0. The van der Waals surface area contributed by atoms with Crippen molar-refractivity contribution in [1.82, 2.24) is 9.97 Å². The lowest BCUT2D eigenvalue weighted by Crippen LogP contribution is -2.53. The predicted octanol–water partition coefficient (Wildman–Crippen LogP) is 1.79. The molecule has 0 aromatic carbocycles. The Bertz CT molecular complexity index is 472. The van der Waals surface area contributed by atoms with Crippen molar-refractivity contribution in [2.45, 2.75) is 39.2 Å². The zero-order valence-corrected chi connectivity index (χ0v) is 12.8. The van der Waals surface area contributed by atoms with Crippen LogP contribution in [0.3, 0.4) is 0 Å². The molecule has 1 saturated heterocycles. The highest BCUT2D eigenvalue weighted by Gasteiger charge is 2.41. The van der Waals surface area contributed by atoms with Gasteiger partial charge in [0.25, 0.3) is 0 Å². The number of aromatic nitrogens is 2. The molecule has 0 bridgehead atoms. The molecule has 1 aliphatic rings. The number of nitrogens with zero attached hydrogens (tertiary/aromatic N) is 3. The lowest BCUT2D eigenvalue weighted by Gasteiger charge is -2.45. The third-order valence-electron chi connectivity index (χ3n) is 4.19. The molecule has 112 valence electrons. The van der Waals surface area contributed by atoms with Gasteiger partial charge in [0.2, 0.25) is 0 Å². The van der Waals surface area contributed by atoms with Gasteiger partial charge in [-0.15, -0.1) is 0 Å². The molecule has 0 amide bonds. The highest BCUT2D eigenvalue weighted by atomic mass is 35.5. The molecule has 1 aromatic rings. The van der Waals surface area contributed by atoms with Gasteiger partial charge in [0.1, 0.15) is 10.8 Å². The van der Waals surface area contributed by atoms with Crippen molar-refractivity contribution in [3.63, 3.8) is 0 Å². The van der Waals surface area contributed by atoms with Crippen LogP contribution in [0.2, 0.25) is 5.02 Å². The summed E-state index contributed by atoms with van der Waals surface area (Å²) >= 11 is 6.15. The fourth-order valence-electron chi connectivity index (χ4n) is 2.93. The molecule has 0 spiro atoms. The molecule has 5 nitrogen and oxygen atoms in total. The Kier molecular flexibility index (Phi) is 4.83. The van der Waals surface area contributed by atoms with Gasteiger partial charge in [-0.2, -0.15) is 0 Å². The van der Waals surface area contributed by atoms with E-state index in [0.717, 1.165) is 25.8 Å². The molecule has 2 atom stereocenters. The van der Waals surface area contributed by atoms with E-state index in [2.05, 4.69) is 16.9 Å². The monoisotopic (exact) mass is 299 g/mol. The predicted molar refractivity (Wildman–Crippen MR) is 79.0 cm³/mol. The van der Waals surface area contributed by atoms with Gasteiger partial charge in [0.05, 0.1) is 18.9 Å². The molecule has 2 rings (SSSR count). The molecule has 0 saturated carbocycles. The summed E-state index contributed by atoms with van der Waals surface area (Å²) in [5.41, 5.74) is -0.389. The topological polar surface area (TPSA) is 69.5 Å². The number of hydrogen-bond acceptors (Lipinski definition) is 5. The maximum atomic E-state index is 10.5.